The van der Waals surface area contributed by atoms with Gasteiger partial charge in [-0.1, -0.05) is 36.4 Å². The molecule has 0 aliphatic rings. The van der Waals surface area contributed by atoms with E-state index in [1.165, 1.54) is 11.8 Å². The van der Waals surface area contributed by atoms with Crippen molar-refractivity contribution in [2.75, 3.05) is 0 Å². The van der Waals surface area contributed by atoms with E-state index in [9.17, 15) is 4.79 Å². The first-order chi connectivity index (χ1) is 10.6. The lowest BCUT2D eigenvalue weighted by Crippen LogP contribution is -2.17. The second-order valence-corrected chi connectivity index (χ2v) is 5.14. The molecule has 2 aromatic rings. The number of aryl methyl sites for hydroxylation is 1. The van der Waals surface area contributed by atoms with E-state index in [0.717, 1.165) is 24.0 Å². The molecule has 0 saturated heterocycles. The Bertz CT molecular complexity index is 640. The van der Waals surface area contributed by atoms with E-state index in [4.69, 9.17) is 4.42 Å². The van der Waals surface area contributed by atoms with Crippen molar-refractivity contribution in [3.63, 3.8) is 0 Å². The van der Waals surface area contributed by atoms with Gasteiger partial charge in [0.2, 0.25) is 5.91 Å². The molecule has 0 aliphatic heterocycles. The van der Waals surface area contributed by atoms with E-state index in [-0.39, 0.29) is 5.91 Å². The summed E-state index contributed by atoms with van der Waals surface area (Å²) in [6.45, 7) is 5.90. The van der Waals surface area contributed by atoms with Crippen molar-refractivity contribution in [1.29, 1.82) is 0 Å². The van der Waals surface area contributed by atoms with Crippen LogP contribution in [0.1, 0.15) is 36.7 Å². The van der Waals surface area contributed by atoms with Gasteiger partial charge in [0.05, 0.1) is 12.5 Å². The second kappa shape index (κ2) is 7.98. The fourth-order valence-electron chi connectivity index (χ4n) is 2.00. The highest BCUT2D eigenvalue weighted by Crippen LogP contribution is 2.13. The molecule has 22 heavy (non-hydrogen) atoms. The van der Waals surface area contributed by atoms with Gasteiger partial charge in [-0.2, -0.15) is 5.10 Å². The van der Waals surface area contributed by atoms with Gasteiger partial charge in [0, 0.05) is 6.42 Å². The SMILES string of the molecule is C=C(C)c1ccc(CCCC(=O)N/N=C/c2ccco2)cc1. The monoisotopic (exact) mass is 296 g/mol. The Hall–Kier alpha value is -2.62. The third kappa shape index (κ3) is 5.05. The lowest BCUT2D eigenvalue weighted by Gasteiger charge is -2.04. The summed E-state index contributed by atoms with van der Waals surface area (Å²) in [5.74, 6) is 0.513. The predicted molar refractivity (Wildman–Crippen MR) is 88.5 cm³/mol. The van der Waals surface area contributed by atoms with Gasteiger partial charge in [0.15, 0.2) is 0 Å². The Labute approximate surface area is 130 Å². The number of rotatable bonds is 7. The highest BCUT2D eigenvalue weighted by molar-refractivity contribution is 5.80. The van der Waals surface area contributed by atoms with E-state index < -0.39 is 0 Å². The van der Waals surface area contributed by atoms with Gasteiger partial charge in [0.1, 0.15) is 5.76 Å². The number of nitrogens with one attached hydrogen (secondary N) is 1. The predicted octanol–water partition coefficient (Wildman–Crippen LogP) is 3.79. The molecule has 2 rings (SSSR count). The van der Waals surface area contributed by atoms with Gasteiger partial charge in [-0.05, 0) is 43.0 Å². The molecule has 1 aromatic heterocycles. The van der Waals surface area contributed by atoms with Gasteiger partial charge in [-0.25, -0.2) is 5.43 Å². The van der Waals surface area contributed by atoms with Crippen LogP contribution in [0.5, 0.6) is 0 Å². The zero-order valence-electron chi connectivity index (χ0n) is 12.7. The van der Waals surface area contributed by atoms with Crippen LogP contribution in [0.25, 0.3) is 5.57 Å². The zero-order chi connectivity index (χ0) is 15.8. The number of nitrogens with zero attached hydrogens (tertiary/aromatic N) is 1. The van der Waals surface area contributed by atoms with Crippen LogP contribution in [0.4, 0.5) is 0 Å². The highest BCUT2D eigenvalue weighted by Gasteiger charge is 2.01. The molecule has 0 radical (unpaired) electrons. The summed E-state index contributed by atoms with van der Waals surface area (Å²) < 4.78 is 5.07. The fraction of sp³-hybridized carbons (Fsp3) is 0.222. The van der Waals surface area contributed by atoms with Crippen LogP contribution < -0.4 is 5.43 Å². The standard InChI is InChI=1S/C18H20N2O2/c1-14(2)16-10-8-15(9-11-16)5-3-7-18(21)20-19-13-17-6-4-12-22-17/h4,6,8-13H,1,3,5,7H2,2H3,(H,20,21)/b19-13+. The Morgan fingerprint density at radius 2 is 2.09 bits per heavy atom. The van der Waals surface area contributed by atoms with E-state index in [0.29, 0.717) is 12.2 Å². The maximum absolute atomic E-state index is 11.6. The molecule has 0 saturated carbocycles. The summed E-state index contributed by atoms with van der Waals surface area (Å²) in [6, 6.07) is 11.8. The molecule has 0 aliphatic carbocycles. The Kier molecular flexibility index (Phi) is 5.72. The molecule has 4 nitrogen and oxygen atoms in total. The summed E-state index contributed by atoms with van der Waals surface area (Å²) in [5.41, 5.74) is 5.91. The number of furan rings is 1. The molecule has 0 unspecified atom stereocenters. The van der Waals surface area contributed by atoms with Crippen molar-refractivity contribution < 1.29 is 9.21 Å². The normalized spacial score (nSPS) is 10.8. The quantitative estimate of drug-likeness (QED) is 0.624. The number of hydrogen-bond acceptors (Lipinski definition) is 3. The second-order valence-electron chi connectivity index (χ2n) is 5.14. The lowest BCUT2D eigenvalue weighted by atomic mass is 10.0. The Balaban J connectivity index is 1.69. The first kappa shape index (κ1) is 15.8. The molecular formula is C18H20N2O2. The summed E-state index contributed by atoms with van der Waals surface area (Å²) in [6.07, 6.45) is 5.13. The minimum atomic E-state index is -0.0960. The van der Waals surface area contributed by atoms with Crippen LogP contribution in [0.15, 0.2) is 58.8 Å². The summed E-state index contributed by atoms with van der Waals surface area (Å²) in [4.78, 5) is 11.6. The highest BCUT2D eigenvalue weighted by atomic mass is 16.3. The summed E-state index contributed by atoms with van der Waals surface area (Å²) in [5, 5.41) is 3.84. The van der Waals surface area contributed by atoms with E-state index in [1.54, 1.807) is 18.4 Å². The van der Waals surface area contributed by atoms with Crippen molar-refractivity contribution in [3.05, 3.63) is 66.1 Å². The summed E-state index contributed by atoms with van der Waals surface area (Å²) >= 11 is 0. The van der Waals surface area contributed by atoms with Crippen LogP contribution in [-0.4, -0.2) is 12.1 Å². The number of hydrazone groups is 1. The van der Waals surface area contributed by atoms with Crippen molar-refractivity contribution in [1.82, 2.24) is 5.43 Å². The van der Waals surface area contributed by atoms with E-state index in [2.05, 4.69) is 41.4 Å². The van der Waals surface area contributed by atoms with Gasteiger partial charge in [-0.3, -0.25) is 4.79 Å². The number of carbonyl (C=O) groups is 1. The van der Waals surface area contributed by atoms with Crippen molar-refractivity contribution in [2.24, 2.45) is 5.10 Å². The van der Waals surface area contributed by atoms with Crippen LogP contribution in [0.2, 0.25) is 0 Å². The molecule has 1 amide bonds. The van der Waals surface area contributed by atoms with Gasteiger partial charge >= 0.3 is 0 Å². The Morgan fingerprint density at radius 1 is 1.32 bits per heavy atom. The average Bonchev–Trinajstić information content (AvgIpc) is 3.01. The van der Waals surface area contributed by atoms with Crippen molar-refractivity contribution in [2.45, 2.75) is 26.2 Å². The number of benzene rings is 1. The third-order valence-corrected chi connectivity index (χ3v) is 3.24. The van der Waals surface area contributed by atoms with Crippen LogP contribution in [-0.2, 0) is 11.2 Å². The fourth-order valence-corrected chi connectivity index (χ4v) is 2.00. The molecule has 114 valence electrons. The molecule has 1 N–H and O–H groups in total. The molecule has 1 aromatic carbocycles. The van der Waals surface area contributed by atoms with Crippen LogP contribution in [0.3, 0.4) is 0 Å². The smallest absolute Gasteiger partial charge is 0.240 e. The number of hydrogen-bond donors (Lipinski definition) is 1. The van der Waals surface area contributed by atoms with E-state index >= 15 is 0 Å². The average molecular weight is 296 g/mol. The maximum Gasteiger partial charge on any atom is 0.240 e. The number of carbonyl (C=O) groups excluding carboxylic acids is 1. The van der Waals surface area contributed by atoms with Crippen molar-refractivity contribution in [3.8, 4) is 0 Å². The van der Waals surface area contributed by atoms with Crippen LogP contribution in [0, 0.1) is 0 Å². The first-order valence-electron chi connectivity index (χ1n) is 7.25. The molecular weight excluding hydrogens is 276 g/mol. The molecule has 0 atom stereocenters. The van der Waals surface area contributed by atoms with Crippen molar-refractivity contribution >= 4 is 17.7 Å². The van der Waals surface area contributed by atoms with E-state index in [1.807, 2.05) is 6.92 Å². The van der Waals surface area contributed by atoms with Gasteiger partial charge < -0.3 is 4.42 Å². The van der Waals surface area contributed by atoms with Gasteiger partial charge in [0.25, 0.3) is 0 Å². The molecule has 0 spiro atoms. The van der Waals surface area contributed by atoms with Crippen LogP contribution >= 0.6 is 0 Å². The molecule has 1 heterocycles. The molecule has 4 heteroatoms. The first-order valence-corrected chi connectivity index (χ1v) is 7.25. The topological polar surface area (TPSA) is 54.6 Å². The molecule has 0 bridgehead atoms. The third-order valence-electron chi connectivity index (χ3n) is 3.24. The number of allylic oxidation sites excluding steroid dienone is 1. The Morgan fingerprint density at radius 3 is 2.73 bits per heavy atom. The maximum atomic E-state index is 11.6. The minimum Gasteiger partial charge on any atom is -0.463 e. The lowest BCUT2D eigenvalue weighted by molar-refractivity contribution is -0.121. The largest absolute Gasteiger partial charge is 0.463 e. The summed E-state index contributed by atoms with van der Waals surface area (Å²) in [7, 11) is 0. The minimum absolute atomic E-state index is 0.0960. The number of amides is 1. The zero-order valence-corrected chi connectivity index (χ0v) is 12.7. The van der Waals surface area contributed by atoms with Gasteiger partial charge in [-0.15, -0.1) is 0 Å². The molecule has 0 fully saturated rings.